The van der Waals surface area contributed by atoms with Crippen molar-refractivity contribution in [3.63, 3.8) is 0 Å². The number of aromatic amines is 1. The van der Waals surface area contributed by atoms with Gasteiger partial charge in [-0.05, 0) is 31.2 Å². The Balaban J connectivity index is 1.44. The van der Waals surface area contributed by atoms with Crippen LogP contribution in [0.1, 0.15) is 17.3 Å². The highest BCUT2D eigenvalue weighted by Crippen LogP contribution is 2.21. The normalized spacial score (nSPS) is 10.9. The SMILES string of the molecule is Cc1oc(-c2ccccc2)nc1CC(=O)NCc1nc2ncccc2c(=O)[nH]1. The smallest absolute Gasteiger partial charge is 0.260 e. The standard InChI is InChI=1S/C20H17N5O3/c1-12-15(23-20(28-12)13-6-3-2-4-7-13)10-17(26)22-11-16-24-18-14(19(27)25-16)8-5-9-21-18/h2-9H,10-11H2,1H3,(H,22,26)(H,21,24,25,27). The summed E-state index contributed by atoms with van der Waals surface area (Å²) in [5.41, 5.74) is 1.47. The predicted molar refractivity (Wildman–Crippen MR) is 102 cm³/mol. The predicted octanol–water partition coefficient (Wildman–Crippen LogP) is 2.14. The zero-order chi connectivity index (χ0) is 19.5. The molecule has 28 heavy (non-hydrogen) atoms. The Morgan fingerprint density at radius 1 is 1.14 bits per heavy atom. The fourth-order valence-corrected chi connectivity index (χ4v) is 2.79. The molecule has 4 aromatic rings. The Morgan fingerprint density at radius 3 is 2.79 bits per heavy atom. The number of hydrogen-bond donors (Lipinski definition) is 2. The number of H-pyrrole nitrogens is 1. The number of nitrogens with zero attached hydrogens (tertiary/aromatic N) is 3. The fourth-order valence-electron chi connectivity index (χ4n) is 2.79. The highest BCUT2D eigenvalue weighted by molar-refractivity contribution is 5.78. The number of nitrogens with one attached hydrogen (secondary N) is 2. The maximum absolute atomic E-state index is 12.3. The van der Waals surface area contributed by atoms with Crippen molar-refractivity contribution >= 4 is 16.9 Å². The molecule has 0 saturated heterocycles. The Labute approximate surface area is 159 Å². The largest absolute Gasteiger partial charge is 0.441 e. The molecule has 140 valence electrons. The number of hydrogen-bond acceptors (Lipinski definition) is 6. The highest BCUT2D eigenvalue weighted by Gasteiger charge is 2.15. The molecule has 1 amide bonds. The summed E-state index contributed by atoms with van der Waals surface area (Å²) < 4.78 is 5.67. The molecule has 0 spiro atoms. The van der Waals surface area contributed by atoms with Gasteiger partial charge in [-0.15, -0.1) is 0 Å². The van der Waals surface area contributed by atoms with Crippen molar-refractivity contribution in [3.05, 3.63) is 76.3 Å². The average molecular weight is 375 g/mol. The molecule has 0 bridgehead atoms. The van der Waals surface area contributed by atoms with Gasteiger partial charge in [0.15, 0.2) is 5.65 Å². The molecular weight excluding hydrogens is 358 g/mol. The Hall–Kier alpha value is -3.81. The quantitative estimate of drug-likeness (QED) is 0.552. The van der Waals surface area contributed by atoms with Crippen LogP contribution in [0, 0.1) is 6.92 Å². The van der Waals surface area contributed by atoms with Crippen molar-refractivity contribution in [2.75, 3.05) is 0 Å². The van der Waals surface area contributed by atoms with E-state index >= 15 is 0 Å². The van der Waals surface area contributed by atoms with E-state index in [0.29, 0.717) is 34.2 Å². The van der Waals surface area contributed by atoms with Crippen LogP contribution in [0.25, 0.3) is 22.5 Å². The number of carbonyl (C=O) groups excluding carboxylic acids is 1. The van der Waals surface area contributed by atoms with Gasteiger partial charge in [0.05, 0.1) is 24.0 Å². The topological polar surface area (TPSA) is 114 Å². The van der Waals surface area contributed by atoms with E-state index in [0.717, 1.165) is 5.56 Å². The van der Waals surface area contributed by atoms with E-state index in [1.165, 1.54) is 0 Å². The van der Waals surface area contributed by atoms with Gasteiger partial charge < -0.3 is 14.7 Å². The summed E-state index contributed by atoms with van der Waals surface area (Å²) in [4.78, 5) is 39.8. The van der Waals surface area contributed by atoms with E-state index in [4.69, 9.17) is 4.42 Å². The lowest BCUT2D eigenvalue weighted by molar-refractivity contribution is -0.120. The van der Waals surface area contributed by atoms with Crippen LogP contribution < -0.4 is 10.9 Å². The second-order valence-corrected chi connectivity index (χ2v) is 6.23. The number of oxazole rings is 1. The van der Waals surface area contributed by atoms with Gasteiger partial charge >= 0.3 is 0 Å². The molecule has 0 unspecified atom stereocenters. The molecule has 2 N–H and O–H groups in total. The van der Waals surface area contributed by atoms with Crippen LogP contribution >= 0.6 is 0 Å². The summed E-state index contributed by atoms with van der Waals surface area (Å²) in [7, 11) is 0. The minimum atomic E-state index is -0.290. The van der Waals surface area contributed by atoms with Gasteiger partial charge in [0, 0.05) is 11.8 Å². The fraction of sp³-hybridized carbons (Fsp3) is 0.150. The third kappa shape index (κ3) is 3.66. The first-order valence-electron chi connectivity index (χ1n) is 8.72. The van der Waals surface area contributed by atoms with Crippen LogP contribution in [0.2, 0.25) is 0 Å². The molecule has 8 heteroatoms. The molecule has 0 fully saturated rings. The van der Waals surface area contributed by atoms with E-state index < -0.39 is 0 Å². The monoisotopic (exact) mass is 375 g/mol. The van der Waals surface area contributed by atoms with Crippen molar-refractivity contribution in [3.8, 4) is 11.5 Å². The number of aromatic nitrogens is 4. The van der Waals surface area contributed by atoms with Crippen molar-refractivity contribution in [1.29, 1.82) is 0 Å². The van der Waals surface area contributed by atoms with E-state index in [1.807, 2.05) is 30.3 Å². The van der Waals surface area contributed by atoms with Crippen molar-refractivity contribution < 1.29 is 9.21 Å². The Bertz CT molecular complexity index is 1200. The summed E-state index contributed by atoms with van der Waals surface area (Å²) in [6.07, 6.45) is 1.63. The second-order valence-electron chi connectivity index (χ2n) is 6.23. The molecule has 8 nitrogen and oxygen atoms in total. The molecule has 0 aliphatic carbocycles. The summed E-state index contributed by atoms with van der Waals surface area (Å²) >= 11 is 0. The van der Waals surface area contributed by atoms with Gasteiger partial charge in [0.1, 0.15) is 11.6 Å². The third-order valence-corrected chi connectivity index (χ3v) is 4.22. The van der Waals surface area contributed by atoms with Crippen LogP contribution in [0.3, 0.4) is 0 Å². The number of amides is 1. The number of aryl methyl sites for hydroxylation is 1. The summed E-state index contributed by atoms with van der Waals surface area (Å²) in [6, 6.07) is 12.8. The van der Waals surface area contributed by atoms with Gasteiger partial charge in [-0.3, -0.25) is 9.59 Å². The van der Waals surface area contributed by atoms with Crippen LogP contribution in [0.4, 0.5) is 0 Å². The average Bonchev–Trinajstić information content (AvgIpc) is 3.07. The van der Waals surface area contributed by atoms with Gasteiger partial charge in [-0.1, -0.05) is 18.2 Å². The van der Waals surface area contributed by atoms with Gasteiger partial charge in [0.2, 0.25) is 11.8 Å². The molecule has 0 aliphatic heterocycles. The summed E-state index contributed by atoms with van der Waals surface area (Å²) in [6.45, 7) is 1.86. The molecule has 3 heterocycles. The van der Waals surface area contributed by atoms with E-state index in [-0.39, 0.29) is 24.4 Å². The molecular formula is C20H17N5O3. The van der Waals surface area contributed by atoms with Gasteiger partial charge in [-0.25, -0.2) is 15.0 Å². The third-order valence-electron chi connectivity index (χ3n) is 4.22. The molecule has 0 atom stereocenters. The zero-order valence-corrected chi connectivity index (χ0v) is 15.1. The minimum absolute atomic E-state index is 0.0677. The Morgan fingerprint density at radius 2 is 1.96 bits per heavy atom. The first-order valence-corrected chi connectivity index (χ1v) is 8.72. The zero-order valence-electron chi connectivity index (χ0n) is 15.1. The van der Waals surface area contributed by atoms with Crippen molar-refractivity contribution in [2.24, 2.45) is 0 Å². The number of benzene rings is 1. The van der Waals surface area contributed by atoms with Crippen molar-refractivity contribution in [1.82, 2.24) is 25.3 Å². The number of fused-ring (bicyclic) bond motifs is 1. The lowest BCUT2D eigenvalue weighted by Gasteiger charge is -2.04. The number of carbonyl (C=O) groups is 1. The van der Waals surface area contributed by atoms with Crippen LogP contribution in [0.15, 0.2) is 57.9 Å². The van der Waals surface area contributed by atoms with E-state index in [1.54, 1.807) is 25.3 Å². The molecule has 0 aliphatic rings. The van der Waals surface area contributed by atoms with E-state index in [2.05, 4.69) is 25.3 Å². The summed E-state index contributed by atoms with van der Waals surface area (Å²) in [5.74, 6) is 1.16. The van der Waals surface area contributed by atoms with Crippen LogP contribution in [-0.4, -0.2) is 25.8 Å². The highest BCUT2D eigenvalue weighted by atomic mass is 16.4. The van der Waals surface area contributed by atoms with Gasteiger partial charge in [-0.2, -0.15) is 0 Å². The number of pyridine rings is 1. The first kappa shape index (κ1) is 17.6. The van der Waals surface area contributed by atoms with E-state index in [9.17, 15) is 9.59 Å². The maximum Gasteiger partial charge on any atom is 0.260 e. The maximum atomic E-state index is 12.3. The van der Waals surface area contributed by atoms with Crippen LogP contribution in [-0.2, 0) is 17.8 Å². The van der Waals surface area contributed by atoms with Crippen LogP contribution in [0.5, 0.6) is 0 Å². The lowest BCUT2D eigenvalue weighted by atomic mass is 10.2. The van der Waals surface area contributed by atoms with Gasteiger partial charge in [0.25, 0.3) is 5.56 Å². The molecule has 4 rings (SSSR count). The second kappa shape index (κ2) is 7.43. The molecule has 3 aromatic heterocycles. The molecule has 0 saturated carbocycles. The molecule has 0 radical (unpaired) electrons. The first-order chi connectivity index (χ1) is 13.6. The lowest BCUT2D eigenvalue weighted by Crippen LogP contribution is -2.27. The van der Waals surface area contributed by atoms with Crippen molar-refractivity contribution in [2.45, 2.75) is 19.9 Å². The Kier molecular flexibility index (Phi) is 4.67. The molecule has 1 aromatic carbocycles. The minimum Gasteiger partial charge on any atom is -0.441 e. The number of rotatable bonds is 5. The summed E-state index contributed by atoms with van der Waals surface area (Å²) in [5, 5.41) is 3.14.